The Morgan fingerprint density at radius 3 is 2.23 bits per heavy atom. The molecule has 0 aromatic heterocycles. The average Bonchev–Trinajstić information content (AvgIpc) is 3.02. The van der Waals surface area contributed by atoms with Crippen molar-refractivity contribution < 1.29 is 22.7 Å². The van der Waals surface area contributed by atoms with Gasteiger partial charge in [0.05, 0.1) is 11.5 Å². The number of hydrogen-bond donors (Lipinski definition) is 0. The maximum atomic E-state index is 12.9. The molecule has 7 nitrogen and oxygen atoms in total. The summed E-state index contributed by atoms with van der Waals surface area (Å²) < 4.78 is 28.8. The zero-order valence-corrected chi connectivity index (χ0v) is 16.4. The summed E-state index contributed by atoms with van der Waals surface area (Å²) in [4.78, 5) is 29.2. The summed E-state index contributed by atoms with van der Waals surface area (Å²) in [5.74, 6) is 0.498. The van der Waals surface area contributed by atoms with E-state index in [-0.39, 0.29) is 41.2 Å². The van der Waals surface area contributed by atoms with Crippen LogP contribution in [0.25, 0.3) is 0 Å². The molecule has 0 spiro atoms. The number of amides is 2. The Morgan fingerprint density at radius 1 is 1.04 bits per heavy atom. The highest BCUT2D eigenvalue weighted by Gasteiger charge is 2.38. The number of nitrogens with zero attached hydrogens (tertiary/aromatic N) is 2. The molecule has 3 rings (SSSR count). The molecule has 3 fully saturated rings. The van der Waals surface area contributed by atoms with Gasteiger partial charge in [0, 0.05) is 50.7 Å². The van der Waals surface area contributed by atoms with Crippen LogP contribution in [0, 0.1) is 11.8 Å². The van der Waals surface area contributed by atoms with Gasteiger partial charge in [-0.15, -0.1) is 0 Å². The van der Waals surface area contributed by atoms with Gasteiger partial charge >= 0.3 is 0 Å². The molecular weight excluding hydrogens is 356 g/mol. The summed E-state index contributed by atoms with van der Waals surface area (Å²) in [6, 6.07) is -0.181. The topological polar surface area (TPSA) is 84.0 Å². The van der Waals surface area contributed by atoms with E-state index in [1.165, 1.54) is 0 Å². The number of carbonyl (C=O) groups excluding carboxylic acids is 2. The van der Waals surface area contributed by atoms with Gasteiger partial charge in [0.25, 0.3) is 0 Å². The van der Waals surface area contributed by atoms with Gasteiger partial charge in [-0.05, 0) is 39.0 Å². The highest BCUT2D eigenvalue weighted by molar-refractivity contribution is 7.91. The van der Waals surface area contributed by atoms with Crippen LogP contribution in [0.15, 0.2) is 0 Å². The molecule has 0 radical (unpaired) electrons. The Bertz CT molecular complexity index is 621. The Morgan fingerprint density at radius 2 is 1.69 bits per heavy atom. The smallest absolute Gasteiger partial charge is 0.226 e. The largest absolute Gasteiger partial charge is 0.381 e. The first-order chi connectivity index (χ1) is 12.4. The van der Waals surface area contributed by atoms with Crippen molar-refractivity contribution in [2.24, 2.45) is 11.8 Å². The van der Waals surface area contributed by atoms with Crippen LogP contribution in [0.2, 0.25) is 0 Å². The third-order valence-corrected chi connectivity index (χ3v) is 7.75. The lowest BCUT2D eigenvalue weighted by molar-refractivity contribution is -0.145. The first-order valence-electron chi connectivity index (χ1n) is 9.78. The fourth-order valence-corrected chi connectivity index (χ4v) is 6.13. The molecule has 3 aliphatic heterocycles. The monoisotopic (exact) mass is 386 g/mol. The summed E-state index contributed by atoms with van der Waals surface area (Å²) in [5, 5.41) is 0. The van der Waals surface area contributed by atoms with Crippen LogP contribution in [0.3, 0.4) is 0 Å². The van der Waals surface area contributed by atoms with E-state index in [9.17, 15) is 18.0 Å². The molecule has 1 atom stereocenters. The molecule has 0 aromatic rings. The Kier molecular flexibility index (Phi) is 6.22. The van der Waals surface area contributed by atoms with Crippen molar-refractivity contribution in [3.8, 4) is 0 Å². The van der Waals surface area contributed by atoms with E-state index < -0.39 is 9.84 Å². The highest BCUT2D eigenvalue weighted by Crippen LogP contribution is 2.26. The van der Waals surface area contributed by atoms with E-state index in [1.54, 1.807) is 4.90 Å². The molecule has 0 bridgehead atoms. The highest BCUT2D eigenvalue weighted by atomic mass is 32.2. The Hall–Kier alpha value is -1.15. The quantitative estimate of drug-likeness (QED) is 0.710. The van der Waals surface area contributed by atoms with Crippen molar-refractivity contribution >= 4 is 21.7 Å². The second-order valence-electron chi connectivity index (χ2n) is 7.67. The summed E-state index contributed by atoms with van der Waals surface area (Å²) in [6.45, 7) is 5.00. The standard InChI is InChI=1S/C18H30N2O5S/c1-2-20(16-7-12-26(23,24)13-16)18(22)14-3-8-19(9-4-14)17(21)15-5-10-25-11-6-15/h14-16H,2-13H2,1H3. The van der Waals surface area contributed by atoms with Gasteiger partial charge in [-0.3, -0.25) is 9.59 Å². The second-order valence-corrected chi connectivity index (χ2v) is 9.90. The molecule has 3 heterocycles. The Labute approximate surface area is 156 Å². The minimum atomic E-state index is -3.00. The number of piperidine rings is 1. The number of ether oxygens (including phenoxy) is 1. The maximum Gasteiger partial charge on any atom is 0.226 e. The zero-order chi connectivity index (χ0) is 18.7. The number of sulfone groups is 1. The van der Waals surface area contributed by atoms with E-state index in [0.29, 0.717) is 52.1 Å². The van der Waals surface area contributed by atoms with Crippen LogP contribution >= 0.6 is 0 Å². The summed E-state index contributed by atoms with van der Waals surface area (Å²) in [5.41, 5.74) is 0. The lowest BCUT2D eigenvalue weighted by atomic mass is 9.92. The molecule has 3 saturated heterocycles. The maximum absolute atomic E-state index is 12.9. The molecule has 26 heavy (non-hydrogen) atoms. The second kappa shape index (κ2) is 8.25. The van der Waals surface area contributed by atoms with Crippen LogP contribution in [-0.4, -0.2) is 80.4 Å². The van der Waals surface area contributed by atoms with Gasteiger partial charge in [0.15, 0.2) is 9.84 Å². The van der Waals surface area contributed by atoms with Crippen LogP contribution in [0.1, 0.15) is 39.0 Å². The molecule has 3 aliphatic rings. The van der Waals surface area contributed by atoms with Gasteiger partial charge < -0.3 is 14.5 Å². The molecule has 0 N–H and O–H groups in total. The first kappa shape index (κ1) is 19.6. The minimum Gasteiger partial charge on any atom is -0.381 e. The fourth-order valence-electron chi connectivity index (χ4n) is 4.40. The minimum absolute atomic E-state index is 0.0619. The van der Waals surface area contributed by atoms with E-state index in [4.69, 9.17) is 4.74 Å². The van der Waals surface area contributed by atoms with Crippen molar-refractivity contribution in [2.75, 3.05) is 44.4 Å². The third-order valence-electron chi connectivity index (χ3n) is 6.00. The van der Waals surface area contributed by atoms with E-state index in [1.807, 2.05) is 11.8 Å². The molecule has 8 heteroatoms. The van der Waals surface area contributed by atoms with Gasteiger partial charge in [0.2, 0.25) is 11.8 Å². The Balaban J connectivity index is 1.53. The fraction of sp³-hybridized carbons (Fsp3) is 0.889. The lowest BCUT2D eigenvalue weighted by Crippen LogP contribution is -2.49. The van der Waals surface area contributed by atoms with E-state index in [2.05, 4.69) is 0 Å². The first-order valence-corrected chi connectivity index (χ1v) is 11.6. The SMILES string of the molecule is CCN(C(=O)C1CCN(C(=O)C2CCOCC2)CC1)C1CCS(=O)(=O)C1. The van der Waals surface area contributed by atoms with Gasteiger partial charge in [-0.2, -0.15) is 0 Å². The van der Waals surface area contributed by atoms with E-state index >= 15 is 0 Å². The number of hydrogen-bond acceptors (Lipinski definition) is 5. The summed E-state index contributed by atoms with van der Waals surface area (Å²) in [6.07, 6.45) is 3.46. The molecule has 1 unspecified atom stereocenters. The molecule has 0 aliphatic carbocycles. The van der Waals surface area contributed by atoms with Crippen molar-refractivity contribution in [1.82, 2.24) is 9.80 Å². The molecule has 2 amide bonds. The van der Waals surface area contributed by atoms with Gasteiger partial charge in [-0.25, -0.2) is 8.42 Å². The van der Waals surface area contributed by atoms with Crippen LogP contribution in [-0.2, 0) is 24.2 Å². The lowest BCUT2D eigenvalue weighted by Gasteiger charge is -2.37. The van der Waals surface area contributed by atoms with Crippen molar-refractivity contribution in [3.63, 3.8) is 0 Å². The number of likely N-dealkylation sites (tertiary alicyclic amines) is 1. The van der Waals surface area contributed by atoms with Crippen molar-refractivity contribution in [1.29, 1.82) is 0 Å². The van der Waals surface area contributed by atoms with Crippen molar-refractivity contribution in [3.05, 3.63) is 0 Å². The predicted molar refractivity (Wildman–Crippen MR) is 97.3 cm³/mol. The van der Waals surface area contributed by atoms with E-state index in [0.717, 1.165) is 12.8 Å². The van der Waals surface area contributed by atoms with Crippen molar-refractivity contribution in [2.45, 2.75) is 45.1 Å². The summed E-state index contributed by atoms with van der Waals surface area (Å²) >= 11 is 0. The van der Waals surface area contributed by atoms with Gasteiger partial charge in [0.1, 0.15) is 0 Å². The van der Waals surface area contributed by atoms with Gasteiger partial charge in [-0.1, -0.05) is 0 Å². The molecule has 0 saturated carbocycles. The average molecular weight is 387 g/mol. The number of rotatable bonds is 4. The zero-order valence-electron chi connectivity index (χ0n) is 15.6. The van der Waals surface area contributed by atoms with Crippen LogP contribution in [0.5, 0.6) is 0 Å². The summed E-state index contributed by atoms with van der Waals surface area (Å²) in [7, 11) is -3.00. The number of carbonyl (C=O) groups is 2. The normalized spacial score (nSPS) is 27.4. The molecule has 148 valence electrons. The van der Waals surface area contributed by atoms with Crippen LogP contribution in [0.4, 0.5) is 0 Å². The van der Waals surface area contributed by atoms with Crippen LogP contribution < -0.4 is 0 Å². The third kappa shape index (κ3) is 4.39. The molecule has 0 aromatic carbocycles. The molecular formula is C18H30N2O5S. The predicted octanol–water partition coefficient (Wildman–Crippen LogP) is 0.687.